The molecule has 0 N–H and O–H groups in total. The van der Waals surface area contributed by atoms with Crippen LogP contribution in [-0.4, -0.2) is 58.3 Å². The summed E-state index contributed by atoms with van der Waals surface area (Å²) in [6, 6.07) is 6.25. The molecule has 2 aromatic heterocycles. The first-order valence-electron chi connectivity index (χ1n) is 7.32. The van der Waals surface area contributed by atoms with Gasteiger partial charge < -0.3 is 9.64 Å². The lowest BCUT2D eigenvalue weighted by molar-refractivity contribution is 0.0778. The van der Waals surface area contributed by atoms with E-state index in [1.165, 1.54) is 5.56 Å². The van der Waals surface area contributed by atoms with E-state index in [1.54, 1.807) is 11.1 Å². The molecule has 6 nitrogen and oxygen atoms in total. The van der Waals surface area contributed by atoms with Crippen LogP contribution in [0, 0.1) is 0 Å². The number of fused-ring (bicyclic) bond motifs is 1. The number of hydrogen-bond donors (Lipinski definition) is 0. The van der Waals surface area contributed by atoms with Crippen molar-refractivity contribution in [3.05, 3.63) is 36.2 Å². The summed E-state index contributed by atoms with van der Waals surface area (Å²) >= 11 is 0. The number of carbonyl (C=O) groups excluding carboxylic acids is 1. The van der Waals surface area contributed by atoms with Crippen molar-refractivity contribution in [3.63, 3.8) is 0 Å². The van der Waals surface area contributed by atoms with E-state index < -0.39 is 0 Å². The first-order chi connectivity index (χ1) is 10.3. The van der Waals surface area contributed by atoms with Gasteiger partial charge in [-0.1, -0.05) is 0 Å². The number of hydrogen-bond acceptors (Lipinski definition) is 4. The van der Waals surface area contributed by atoms with Gasteiger partial charge in [0.05, 0.1) is 12.1 Å². The zero-order valence-corrected chi connectivity index (χ0v) is 12.2. The highest BCUT2D eigenvalue weighted by molar-refractivity contribution is 5.67. The molecule has 0 bridgehead atoms. The number of pyridine rings is 1. The van der Waals surface area contributed by atoms with Gasteiger partial charge in [-0.3, -0.25) is 4.90 Å². The second kappa shape index (κ2) is 6.13. The topological polar surface area (TPSA) is 50.1 Å². The minimum absolute atomic E-state index is 0.196. The third kappa shape index (κ3) is 3.16. The number of ether oxygens (including phenoxy) is 1. The fourth-order valence-corrected chi connectivity index (χ4v) is 2.63. The van der Waals surface area contributed by atoms with Gasteiger partial charge in [-0.15, -0.1) is 0 Å². The molecule has 3 heterocycles. The number of carbonyl (C=O) groups is 1. The van der Waals surface area contributed by atoms with E-state index >= 15 is 0 Å². The Kier molecular flexibility index (Phi) is 4.06. The molecule has 0 radical (unpaired) electrons. The molecule has 0 saturated carbocycles. The van der Waals surface area contributed by atoms with Crippen molar-refractivity contribution in [1.82, 2.24) is 19.4 Å². The molecule has 0 aromatic carbocycles. The van der Waals surface area contributed by atoms with Gasteiger partial charge in [0, 0.05) is 45.1 Å². The number of nitrogens with zero attached hydrogens (tertiary/aromatic N) is 4. The standard InChI is InChI=1S/C15H20N4O2/c1-2-21-15(20)18-9-7-17(8-10-18)12-13-4-6-19-14(11-13)3-5-16-19/h3-6,11H,2,7-10,12H2,1H3. The first-order valence-corrected chi connectivity index (χ1v) is 7.32. The summed E-state index contributed by atoms with van der Waals surface area (Å²) in [5.74, 6) is 0. The molecule has 0 unspecified atom stereocenters. The number of amides is 1. The third-order valence-electron chi connectivity index (χ3n) is 3.77. The van der Waals surface area contributed by atoms with Crippen LogP contribution in [0.1, 0.15) is 12.5 Å². The monoisotopic (exact) mass is 288 g/mol. The number of rotatable bonds is 3. The van der Waals surface area contributed by atoms with Crippen LogP contribution in [0.2, 0.25) is 0 Å². The molecule has 1 amide bonds. The SMILES string of the molecule is CCOC(=O)N1CCN(Cc2ccn3nccc3c2)CC1. The van der Waals surface area contributed by atoms with E-state index in [2.05, 4.69) is 22.1 Å². The maximum absolute atomic E-state index is 11.7. The van der Waals surface area contributed by atoms with Gasteiger partial charge in [0.25, 0.3) is 0 Å². The second-order valence-corrected chi connectivity index (χ2v) is 5.20. The smallest absolute Gasteiger partial charge is 0.409 e. The van der Waals surface area contributed by atoms with E-state index in [1.807, 2.05) is 23.7 Å². The van der Waals surface area contributed by atoms with E-state index in [9.17, 15) is 4.79 Å². The van der Waals surface area contributed by atoms with Gasteiger partial charge in [-0.25, -0.2) is 9.31 Å². The second-order valence-electron chi connectivity index (χ2n) is 5.20. The average molecular weight is 288 g/mol. The van der Waals surface area contributed by atoms with Crippen molar-refractivity contribution in [3.8, 4) is 0 Å². The Labute approximate surface area is 123 Å². The average Bonchev–Trinajstić information content (AvgIpc) is 2.96. The summed E-state index contributed by atoms with van der Waals surface area (Å²) in [7, 11) is 0. The van der Waals surface area contributed by atoms with Crippen molar-refractivity contribution in [1.29, 1.82) is 0 Å². The Morgan fingerprint density at radius 3 is 2.86 bits per heavy atom. The molecule has 0 spiro atoms. The maximum Gasteiger partial charge on any atom is 0.409 e. The predicted octanol–water partition coefficient (Wildman–Crippen LogP) is 1.61. The van der Waals surface area contributed by atoms with Crippen molar-refractivity contribution in [2.24, 2.45) is 0 Å². The van der Waals surface area contributed by atoms with Crippen LogP contribution in [0.25, 0.3) is 5.52 Å². The molecule has 21 heavy (non-hydrogen) atoms. The van der Waals surface area contributed by atoms with Crippen LogP contribution < -0.4 is 0 Å². The predicted molar refractivity (Wildman–Crippen MR) is 79.1 cm³/mol. The molecule has 1 fully saturated rings. The van der Waals surface area contributed by atoms with Crippen molar-refractivity contribution >= 4 is 11.6 Å². The summed E-state index contributed by atoms with van der Waals surface area (Å²) in [6.45, 7) is 6.39. The van der Waals surface area contributed by atoms with Crippen LogP contribution in [-0.2, 0) is 11.3 Å². The molecular weight excluding hydrogens is 268 g/mol. The fourth-order valence-electron chi connectivity index (χ4n) is 2.63. The van der Waals surface area contributed by atoms with E-state index in [0.717, 1.165) is 38.2 Å². The zero-order valence-electron chi connectivity index (χ0n) is 12.2. The quantitative estimate of drug-likeness (QED) is 0.861. The van der Waals surface area contributed by atoms with Crippen LogP contribution in [0.5, 0.6) is 0 Å². The van der Waals surface area contributed by atoms with Gasteiger partial charge in [0.1, 0.15) is 0 Å². The lowest BCUT2D eigenvalue weighted by atomic mass is 10.2. The Balaban J connectivity index is 1.56. The molecule has 6 heteroatoms. The first kappa shape index (κ1) is 13.9. The van der Waals surface area contributed by atoms with Gasteiger partial charge in [-0.05, 0) is 30.7 Å². The zero-order chi connectivity index (χ0) is 14.7. The third-order valence-corrected chi connectivity index (χ3v) is 3.77. The van der Waals surface area contributed by atoms with Gasteiger partial charge in [0.15, 0.2) is 0 Å². The number of aromatic nitrogens is 2. The van der Waals surface area contributed by atoms with Crippen LogP contribution in [0.15, 0.2) is 30.6 Å². The molecule has 2 aromatic rings. The largest absolute Gasteiger partial charge is 0.450 e. The van der Waals surface area contributed by atoms with Crippen LogP contribution in [0.3, 0.4) is 0 Å². The lowest BCUT2D eigenvalue weighted by Crippen LogP contribution is -2.48. The van der Waals surface area contributed by atoms with Crippen molar-refractivity contribution < 1.29 is 9.53 Å². The molecule has 0 aliphatic carbocycles. The molecule has 112 valence electrons. The lowest BCUT2D eigenvalue weighted by Gasteiger charge is -2.34. The highest BCUT2D eigenvalue weighted by Gasteiger charge is 2.21. The van der Waals surface area contributed by atoms with Crippen LogP contribution in [0.4, 0.5) is 4.79 Å². The number of piperazine rings is 1. The van der Waals surface area contributed by atoms with Crippen LogP contribution >= 0.6 is 0 Å². The highest BCUT2D eigenvalue weighted by atomic mass is 16.6. The summed E-state index contributed by atoms with van der Waals surface area (Å²) in [4.78, 5) is 15.8. The van der Waals surface area contributed by atoms with Gasteiger partial charge >= 0.3 is 6.09 Å². The fraction of sp³-hybridized carbons (Fsp3) is 0.467. The molecule has 3 rings (SSSR count). The Hall–Kier alpha value is -2.08. The van der Waals surface area contributed by atoms with Crippen molar-refractivity contribution in [2.45, 2.75) is 13.5 Å². The molecule has 1 saturated heterocycles. The Morgan fingerprint density at radius 1 is 1.29 bits per heavy atom. The molecular formula is C15H20N4O2. The summed E-state index contributed by atoms with van der Waals surface area (Å²) in [5, 5.41) is 4.20. The van der Waals surface area contributed by atoms with E-state index in [4.69, 9.17) is 4.74 Å². The normalized spacial score (nSPS) is 16.3. The van der Waals surface area contributed by atoms with E-state index in [-0.39, 0.29) is 6.09 Å². The minimum atomic E-state index is -0.196. The van der Waals surface area contributed by atoms with Gasteiger partial charge in [-0.2, -0.15) is 5.10 Å². The van der Waals surface area contributed by atoms with Crippen molar-refractivity contribution in [2.75, 3.05) is 32.8 Å². The highest BCUT2D eigenvalue weighted by Crippen LogP contribution is 2.12. The summed E-state index contributed by atoms with van der Waals surface area (Å²) in [5.41, 5.74) is 2.38. The van der Waals surface area contributed by atoms with Gasteiger partial charge in [0.2, 0.25) is 0 Å². The minimum Gasteiger partial charge on any atom is -0.450 e. The summed E-state index contributed by atoms with van der Waals surface area (Å²) < 4.78 is 6.90. The van der Waals surface area contributed by atoms with E-state index in [0.29, 0.717) is 6.61 Å². The molecule has 0 atom stereocenters. The molecule has 1 aliphatic heterocycles. The maximum atomic E-state index is 11.7. The Morgan fingerprint density at radius 2 is 2.10 bits per heavy atom. The molecule has 1 aliphatic rings. The summed E-state index contributed by atoms with van der Waals surface area (Å²) in [6.07, 6.45) is 3.59. The Bertz CT molecular complexity index is 617.